The summed E-state index contributed by atoms with van der Waals surface area (Å²) in [6.45, 7) is 2.46. The first-order valence-electron chi connectivity index (χ1n) is 5.98. The number of nitrogens with one attached hydrogen (secondary N) is 2. The lowest BCUT2D eigenvalue weighted by Gasteiger charge is -2.02. The van der Waals surface area contributed by atoms with E-state index >= 15 is 0 Å². The van der Waals surface area contributed by atoms with Gasteiger partial charge in [-0.3, -0.25) is 4.79 Å². The Balaban J connectivity index is 1.56. The summed E-state index contributed by atoms with van der Waals surface area (Å²) in [5.41, 5.74) is 1.10. The van der Waals surface area contributed by atoms with Gasteiger partial charge < -0.3 is 10.3 Å². The second kappa shape index (κ2) is 7.30. The van der Waals surface area contributed by atoms with Crippen LogP contribution in [0.4, 0.5) is 0 Å². The number of thiazole rings is 1. The first-order valence-corrected chi connectivity index (χ1v) is 8.01. The van der Waals surface area contributed by atoms with Crippen LogP contribution in [0, 0.1) is 6.92 Å². The molecule has 0 aliphatic rings. The predicted octanol–water partition coefficient (Wildman–Crippen LogP) is 2.11. The van der Waals surface area contributed by atoms with Gasteiger partial charge in [-0.1, -0.05) is 0 Å². The molecule has 0 fully saturated rings. The number of carbonyl (C=O) groups is 1. The number of hydrogen-bond donors (Lipinski definition) is 2. The first-order chi connectivity index (χ1) is 9.24. The van der Waals surface area contributed by atoms with Gasteiger partial charge in [-0.2, -0.15) is 11.8 Å². The van der Waals surface area contributed by atoms with Crippen LogP contribution < -0.4 is 5.32 Å². The maximum Gasteiger partial charge on any atom is 0.221 e. The number of amides is 1. The summed E-state index contributed by atoms with van der Waals surface area (Å²) in [6, 6.07) is 0. The number of imidazole rings is 1. The molecule has 2 N–H and O–H groups in total. The van der Waals surface area contributed by atoms with Crippen LogP contribution >= 0.6 is 23.1 Å². The van der Waals surface area contributed by atoms with Crippen LogP contribution in [0.15, 0.2) is 17.8 Å². The van der Waals surface area contributed by atoms with Gasteiger partial charge in [0.25, 0.3) is 0 Å². The second-order valence-electron chi connectivity index (χ2n) is 3.97. The lowest BCUT2D eigenvalue weighted by atomic mass is 10.4. The zero-order valence-electron chi connectivity index (χ0n) is 10.7. The molecule has 2 rings (SSSR count). The molecule has 19 heavy (non-hydrogen) atoms. The molecule has 7 heteroatoms. The Hall–Kier alpha value is -1.34. The van der Waals surface area contributed by atoms with Gasteiger partial charge in [0.1, 0.15) is 5.82 Å². The fraction of sp³-hybridized carbons (Fsp3) is 0.417. The highest BCUT2D eigenvalue weighted by atomic mass is 32.2. The molecule has 2 aromatic rings. The van der Waals surface area contributed by atoms with Crippen molar-refractivity contribution < 1.29 is 4.79 Å². The van der Waals surface area contributed by atoms with E-state index in [-0.39, 0.29) is 5.91 Å². The van der Waals surface area contributed by atoms with Gasteiger partial charge in [0, 0.05) is 35.7 Å². The molecule has 0 saturated carbocycles. The fourth-order valence-corrected chi connectivity index (χ4v) is 3.03. The summed E-state index contributed by atoms with van der Waals surface area (Å²) in [4.78, 5) is 22.9. The van der Waals surface area contributed by atoms with Crippen molar-refractivity contribution >= 4 is 29.0 Å². The number of thioether (sulfide) groups is 1. The Labute approximate surface area is 120 Å². The monoisotopic (exact) mass is 296 g/mol. The normalized spacial score (nSPS) is 10.6. The fourth-order valence-electron chi connectivity index (χ4n) is 1.48. The van der Waals surface area contributed by atoms with E-state index in [4.69, 9.17) is 0 Å². The van der Waals surface area contributed by atoms with Gasteiger partial charge >= 0.3 is 0 Å². The first kappa shape index (κ1) is 14.1. The Bertz CT molecular complexity index is 510. The van der Waals surface area contributed by atoms with Gasteiger partial charge in [-0.15, -0.1) is 11.3 Å². The lowest BCUT2D eigenvalue weighted by molar-refractivity contribution is -0.120. The second-order valence-corrected chi connectivity index (χ2v) is 6.14. The summed E-state index contributed by atoms with van der Waals surface area (Å²) in [5, 5.41) is 5.99. The zero-order chi connectivity index (χ0) is 13.5. The van der Waals surface area contributed by atoms with Gasteiger partial charge in [0.05, 0.1) is 17.2 Å². The number of aromatic amines is 1. The smallest absolute Gasteiger partial charge is 0.221 e. The molecule has 102 valence electrons. The van der Waals surface area contributed by atoms with Crippen molar-refractivity contribution in [2.45, 2.75) is 25.6 Å². The Morgan fingerprint density at radius 3 is 3.16 bits per heavy atom. The maximum absolute atomic E-state index is 11.6. The van der Waals surface area contributed by atoms with E-state index in [1.807, 2.05) is 6.92 Å². The highest BCUT2D eigenvalue weighted by Crippen LogP contribution is 2.15. The molecule has 0 aliphatic carbocycles. The van der Waals surface area contributed by atoms with E-state index < -0.39 is 0 Å². The molecule has 0 atom stereocenters. The van der Waals surface area contributed by atoms with Crippen molar-refractivity contribution in [2.75, 3.05) is 5.75 Å². The van der Waals surface area contributed by atoms with Crippen molar-refractivity contribution in [3.8, 4) is 0 Å². The van der Waals surface area contributed by atoms with E-state index in [9.17, 15) is 4.79 Å². The molecule has 0 saturated heterocycles. The summed E-state index contributed by atoms with van der Waals surface area (Å²) in [5.74, 6) is 2.51. The minimum Gasteiger partial charge on any atom is -0.349 e. The molecule has 2 heterocycles. The van der Waals surface area contributed by atoms with Crippen molar-refractivity contribution in [1.82, 2.24) is 20.3 Å². The minimum absolute atomic E-state index is 0.0540. The number of aromatic nitrogens is 3. The molecule has 0 aromatic carbocycles. The van der Waals surface area contributed by atoms with Gasteiger partial charge in [0.15, 0.2) is 0 Å². The van der Waals surface area contributed by atoms with E-state index in [0.717, 1.165) is 28.0 Å². The molecule has 5 nitrogen and oxygen atoms in total. The lowest BCUT2D eigenvalue weighted by Crippen LogP contribution is -2.23. The topological polar surface area (TPSA) is 70.7 Å². The summed E-state index contributed by atoms with van der Waals surface area (Å²) in [6.07, 6.45) is 3.94. The van der Waals surface area contributed by atoms with E-state index in [2.05, 4.69) is 25.6 Å². The van der Waals surface area contributed by atoms with E-state index in [1.54, 1.807) is 35.5 Å². The average Bonchev–Trinajstić information content (AvgIpc) is 3.04. The summed E-state index contributed by atoms with van der Waals surface area (Å²) >= 11 is 3.39. The Morgan fingerprint density at radius 2 is 2.47 bits per heavy atom. The predicted molar refractivity (Wildman–Crippen MR) is 78.1 cm³/mol. The van der Waals surface area contributed by atoms with Crippen LogP contribution in [0.1, 0.15) is 22.9 Å². The molecule has 0 radical (unpaired) electrons. The SMILES string of the molecule is Cc1nc(CSCCC(=O)NCc2ncc[nH]2)cs1. The average molecular weight is 296 g/mol. The van der Waals surface area contributed by atoms with Crippen LogP contribution in [-0.4, -0.2) is 26.6 Å². The number of H-pyrrole nitrogens is 1. The highest BCUT2D eigenvalue weighted by molar-refractivity contribution is 7.98. The Kier molecular flexibility index (Phi) is 5.41. The maximum atomic E-state index is 11.6. The summed E-state index contributed by atoms with van der Waals surface area (Å²) < 4.78 is 0. The molecule has 0 spiro atoms. The third-order valence-corrected chi connectivity index (χ3v) is 4.21. The van der Waals surface area contributed by atoms with Gasteiger partial charge in [-0.25, -0.2) is 9.97 Å². The summed E-state index contributed by atoms with van der Waals surface area (Å²) in [7, 11) is 0. The molecule has 0 unspecified atom stereocenters. The number of rotatable bonds is 7. The van der Waals surface area contributed by atoms with Crippen molar-refractivity contribution in [3.63, 3.8) is 0 Å². The largest absolute Gasteiger partial charge is 0.349 e. The number of hydrogen-bond acceptors (Lipinski definition) is 5. The van der Waals surface area contributed by atoms with E-state index in [1.165, 1.54) is 0 Å². The zero-order valence-corrected chi connectivity index (χ0v) is 12.3. The molecule has 0 aliphatic heterocycles. The van der Waals surface area contributed by atoms with E-state index in [0.29, 0.717) is 13.0 Å². The molecule has 1 amide bonds. The van der Waals surface area contributed by atoms with Gasteiger partial charge in [-0.05, 0) is 6.92 Å². The number of carbonyl (C=O) groups excluding carboxylic acids is 1. The van der Waals surface area contributed by atoms with Crippen LogP contribution in [0.5, 0.6) is 0 Å². The standard InChI is InChI=1S/C12H16N4OS2/c1-9-16-10(8-19-9)7-18-5-2-12(17)15-6-11-13-3-4-14-11/h3-4,8H,2,5-7H2,1H3,(H,13,14)(H,15,17). The minimum atomic E-state index is 0.0540. The molecular weight excluding hydrogens is 280 g/mol. The van der Waals surface area contributed by atoms with Crippen LogP contribution in [0.25, 0.3) is 0 Å². The molecule has 0 bridgehead atoms. The van der Waals surface area contributed by atoms with Crippen molar-refractivity contribution in [2.24, 2.45) is 0 Å². The number of nitrogens with zero attached hydrogens (tertiary/aromatic N) is 2. The quantitative estimate of drug-likeness (QED) is 0.768. The molecular formula is C12H16N4OS2. The van der Waals surface area contributed by atoms with Gasteiger partial charge in [0.2, 0.25) is 5.91 Å². The molecule has 2 aromatic heterocycles. The van der Waals surface area contributed by atoms with Crippen molar-refractivity contribution in [1.29, 1.82) is 0 Å². The van der Waals surface area contributed by atoms with Crippen LogP contribution in [0.2, 0.25) is 0 Å². The highest BCUT2D eigenvalue weighted by Gasteiger charge is 2.03. The van der Waals surface area contributed by atoms with Crippen LogP contribution in [0.3, 0.4) is 0 Å². The van der Waals surface area contributed by atoms with Crippen molar-refractivity contribution in [3.05, 3.63) is 34.3 Å². The third-order valence-electron chi connectivity index (χ3n) is 2.40. The Morgan fingerprint density at radius 1 is 1.58 bits per heavy atom. The van der Waals surface area contributed by atoms with Crippen LogP contribution in [-0.2, 0) is 17.1 Å². The third kappa shape index (κ3) is 5.04. The number of aryl methyl sites for hydroxylation is 1.